The van der Waals surface area contributed by atoms with Crippen molar-refractivity contribution in [2.24, 2.45) is 11.8 Å². The zero-order chi connectivity index (χ0) is 14.2. The van der Waals surface area contributed by atoms with Crippen LogP contribution in [0.15, 0.2) is 6.07 Å². The van der Waals surface area contributed by atoms with Crippen LogP contribution in [0.4, 0.5) is 0 Å². The molecule has 1 aliphatic rings. The molecular weight excluding hydrogens is 236 g/mol. The third-order valence-electron chi connectivity index (χ3n) is 4.48. The normalized spacial score (nSPS) is 18.3. The monoisotopic (exact) mass is 260 g/mol. The van der Waals surface area contributed by atoms with Gasteiger partial charge in [-0.1, -0.05) is 13.8 Å². The van der Waals surface area contributed by atoms with Crippen molar-refractivity contribution in [2.45, 2.75) is 53.9 Å². The van der Waals surface area contributed by atoms with E-state index in [1.807, 2.05) is 6.07 Å². The molecule has 0 heterocycles. The van der Waals surface area contributed by atoms with Crippen LogP contribution in [0.25, 0.3) is 0 Å². The lowest BCUT2D eigenvalue weighted by Crippen LogP contribution is -2.21. The summed E-state index contributed by atoms with van der Waals surface area (Å²) in [6, 6.07) is 2.02. The van der Waals surface area contributed by atoms with E-state index in [1.165, 1.54) is 35.6 Å². The molecule has 0 fully saturated rings. The standard InChI is InChI=1S/C17H24O2/c1-10(2)14-6-7-15-16(9-14)12(4)11(3)8-17(15)19-13(5)18/h8,10,14H,6-7,9H2,1-5H3/t14-/m1/s1. The van der Waals surface area contributed by atoms with E-state index in [1.54, 1.807) is 0 Å². The summed E-state index contributed by atoms with van der Waals surface area (Å²) in [7, 11) is 0. The van der Waals surface area contributed by atoms with E-state index in [0.29, 0.717) is 5.92 Å². The van der Waals surface area contributed by atoms with Crippen molar-refractivity contribution < 1.29 is 9.53 Å². The van der Waals surface area contributed by atoms with Gasteiger partial charge < -0.3 is 4.74 Å². The maximum Gasteiger partial charge on any atom is 0.308 e. The Morgan fingerprint density at radius 1 is 1.32 bits per heavy atom. The number of rotatable bonds is 2. The van der Waals surface area contributed by atoms with E-state index < -0.39 is 0 Å². The molecule has 2 nitrogen and oxygen atoms in total. The summed E-state index contributed by atoms with van der Waals surface area (Å²) in [5.41, 5.74) is 5.27. The minimum absolute atomic E-state index is 0.226. The third kappa shape index (κ3) is 2.83. The molecule has 0 aromatic heterocycles. The largest absolute Gasteiger partial charge is 0.426 e. The highest BCUT2D eigenvalue weighted by Crippen LogP contribution is 2.38. The molecule has 19 heavy (non-hydrogen) atoms. The fourth-order valence-electron chi connectivity index (χ4n) is 3.06. The molecule has 0 N–H and O–H groups in total. The van der Waals surface area contributed by atoms with Crippen LogP contribution < -0.4 is 4.74 Å². The third-order valence-corrected chi connectivity index (χ3v) is 4.48. The van der Waals surface area contributed by atoms with Crippen LogP contribution in [0.2, 0.25) is 0 Å². The van der Waals surface area contributed by atoms with E-state index in [0.717, 1.165) is 24.5 Å². The van der Waals surface area contributed by atoms with Crippen molar-refractivity contribution in [3.63, 3.8) is 0 Å². The molecule has 1 aliphatic carbocycles. The first-order valence-corrected chi connectivity index (χ1v) is 7.20. The SMILES string of the molecule is CC(=O)Oc1cc(C)c(C)c2c1CC[C@@H](C(C)C)C2. The summed E-state index contributed by atoms with van der Waals surface area (Å²) >= 11 is 0. The highest BCUT2D eigenvalue weighted by Gasteiger charge is 2.26. The second-order valence-corrected chi connectivity index (χ2v) is 6.11. The highest BCUT2D eigenvalue weighted by molar-refractivity contribution is 5.70. The van der Waals surface area contributed by atoms with Crippen molar-refractivity contribution in [3.8, 4) is 5.75 Å². The van der Waals surface area contributed by atoms with Crippen LogP contribution in [-0.4, -0.2) is 5.97 Å². The Hall–Kier alpha value is -1.31. The van der Waals surface area contributed by atoms with E-state index in [4.69, 9.17) is 4.74 Å². The molecule has 2 rings (SSSR count). The minimum atomic E-state index is -0.226. The number of benzene rings is 1. The van der Waals surface area contributed by atoms with Gasteiger partial charge in [0, 0.05) is 6.92 Å². The van der Waals surface area contributed by atoms with Gasteiger partial charge in [0.25, 0.3) is 0 Å². The number of ether oxygens (including phenoxy) is 1. The molecule has 0 radical (unpaired) electrons. The predicted octanol–water partition coefficient (Wildman–Crippen LogP) is 3.99. The summed E-state index contributed by atoms with van der Waals surface area (Å²) in [6.45, 7) is 10.4. The van der Waals surface area contributed by atoms with Gasteiger partial charge >= 0.3 is 5.97 Å². The van der Waals surface area contributed by atoms with Gasteiger partial charge in [-0.25, -0.2) is 0 Å². The second kappa shape index (κ2) is 5.36. The molecule has 0 saturated heterocycles. The topological polar surface area (TPSA) is 26.3 Å². The van der Waals surface area contributed by atoms with Crippen LogP contribution in [-0.2, 0) is 17.6 Å². The quantitative estimate of drug-likeness (QED) is 0.593. The van der Waals surface area contributed by atoms with Gasteiger partial charge in [-0.2, -0.15) is 0 Å². The Morgan fingerprint density at radius 2 is 2.00 bits per heavy atom. The van der Waals surface area contributed by atoms with Crippen molar-refractivity contribution in [1.82, 2.24) is 0 Å². The van der Waals surface area contributed by atoms with E-state index in [-0.39, 0.29) is 5.97 Å². The van der Waals surface area contributed by atoms with E-state index in [2.05, 4.69) is 27.7 Å². The number of carbonyl (C=O) groups is 1. The Bertz CT molecular complexity index is 500. The molecule has 0 saturated carbocycles. The maximum absolute atomic E-state index is 11.2. The van der Waals surface area contributed by atoms with Crippen LogP contribution >= 0.6 is 0 Å². The molecule has 1 aromatic rings. The van der Waals surface area contributed by atoms with Crippen LogP contribution in [0.5, 0.6) is 5.75 Å². The van der Waals surface area contributed by atoms with Crippen LogP contribution in [0.3, 0.4) is 0 Å². The fraction of sp³-hybridized carbons (Fsp3) is 0.588. The number of carbonyl (C=O) groups excluding carboxylic acids is 1. The average Bonchev–Trinajstić information content (AvgIpc) is 2.34. The van der Waals surface area contributed by atoms with Crippen LogP contribution in [0.1, 0.15) is 49.4 Å². The summed E-state index contributed by atoms with van der Waals surface area (Å²) < 4.78 is 5.41. The molecule has 1 atom stereocenters. The first-order valence-electron chi connectivity index (χ1n) is 7.20. The lowest BCUT2D eigenvalue weighted by atomic mass is 9.76. The van der Waals surface area contributed by atoms with Gasteiger partial charge in [0.2, 0.25) is 0 Å². The predicted molar refractivity (Wildman–Crippen MR) is 77.6 cm³/mol. The maximum atomic E-state index is 11.2. The molecular formula is C17H24O2. The molecule has 1 aromatic carbocycles. The van der Waals surface area contributed by atoms with Crippen LogP contribution in [0, 0.1) is 25.7 Å². The first-order chi connectivity index (χ1) is 8.90. The Kier molecular flexibility index (Phi) is 3.98. The number of esters is 1. The smallest absolute Gasteiger partial charge is 0.308 e. The summed E-state index contributed by atoms with van der Waals surface area (Å²) in [5, 5.41) is 0. The Balaban J connectivity index is 2.45. The van der Waals surface area contributed by atoms with Crippen molar-refractivity contribution >= 4 is 5.97 Å². The van der Waals surface area contributed by atoms with Gasteiger partial charge in [0.05, 0.1) is 0 Å². The van der Waals surface area contributed by atoms with Gasteiger partial charge in [0.15, 0.2) is 0 Å². The fourth-order valence-corrected chi connectivity index (χ4v) is 3.06. The van der Waals surface area contributed by atoms with E-state index >= 15 is 0 Å². The van der Waals surface area contributed by atoms with Crippen molar-refractivity contribution in [1.29, 1.82) is 0 Å². The summed E-state index contributed by atoms with van der Waals surface area (Å²) in [5.74, 6) is 2.02. The molecule has 0 amide bonds. The number of hydrogen-bond donors (Lipinski definition) is 0. The van der Waals surface area contributed by atoms with Crippen molar-refractivity contribution in [2.75, 3.05) is 0 Å². The van der Waals surface area contributed by atoms with Gasteiger partial charge in [0.1, 0.15) is 5.75 Å². The van der Waals surface area contributed by atoms with Gasteiger partial charge in [-0.05, 0) is 73.3 Å². The lowest BCUT2D eigenvalue weighted by Gasteiger charge is -2.30. The zero-order valence-corrected chi connectivity index (χ0v) is 12.7. The summed E-state index contributed by atoms with van der Waals surface area (Å²) in [6.07, 6.45) is 3.35. The zero-order valence-electron chi connectivity index (χ0n) is 12.7. The van der Waals surface area contributed by atoms with Gasteiger partial charge in [-0.15, -0.1) is 0 Å². The first kappa shape index (κ1) is 14.1. The number of hydrogen-bond acceptors (Lipinski definition) is 2. The highest BCUT2D eigenvalue weighted by atomic mass is 16.5. The number of fused-ring (bicyclic) bond motifs is 1. The Morgan fingerprint density at radius 3 is 2.58 bits per heavy atom. The average molecular weight is 260 g/mol. The molecule has 104 valence electrons. The molecule has 0 aliphatic heterocycles. The molecule has 0 unspecified atom stereocenters. The number of aryl methyl sites for hydroxylation is 1. The Labute approximate surface area is 116 Å². The molecule has 0 spiro atoms. The minimum Gasteiger partial charge on any atom is -0.426 e. The second-order valence-electron chi connectivity index (χ2n) is 6.11. The molecule has 2 heteroatoms. The lowest BCUT2D eigenvalue weighted by molar-refractivity contribution is -0.131. The summed E-state index contributed by atoms with van der Waals surface area (Å²) in [4.78, 5) is 11.2. The van der Waals surface area contributed by atoms with Crippen molar-refractivity contribution in [3.05, 3.63) is 28.3 Å². The molecule has 0 bridgehead atoms. The van der Waals surface area contributed by atoms with E-state index in [9.17, 15) is 4.79 Å². The van der Waals surface area contributed by atoms with Gasteiger partial charge in [-0.3, -0.25) is 4.79 Å².